The number of amides is 1. The van der Waals surface area contributed by atoms with Crippen molar-refractivity contribution in [3.8, 4) is 0 Å². The summed E-state index contributed by atoms with van der Waals surface area (Å²) < 4.78 is 0. The van der Waals surface area contributed by atoms with Crippen molar-refractivity contribution in [2.75, 3.05) is 26.2 Å². The van der Waals surface area contributed by atoms with Crippen molar-refractivity contribution >= 4 is 11.9 Å². The fourth-order valence-corrected chi connectivity index (χ4v) is 2.38. The van der Waals surface area contributed by atoms with Crippen LogP contribution in [0.25, 0.3) is 0 Å². The highest BCUT2D eigenvalue weighted by atomic mass is 16.4. The van der Waals surface area contributed by atoms with Gasteiger partial charge in [-0.05, 0) is 44.7 Å². The molecule has 0 aromatic carbocycles. The minimum Gasteiger partial charge on any atom is -0.480 e. The molecule has 1 amide bonds. The van der Waals surface area contributed by atoms with Crippen molar-refractivity contribution < 1.29 is 14.7 Å². The molecule has 5 nitrogen and oxygen atoms in total. The highest BCUT2D eigenvalue weighted by Crippen LogP contribution is 2.16. The molecule has 1 saturated heterocycles. The number of rotatable bonds is 7. The second kappa shape index (κ2) is 8.08. The van der Waals surface area contributed by atoms with Gasteiger partial charge in [-0.3, -0.25) is 9.59 Å². The van der Waals surface area contributed by atoms with Crippen LogP contribution in [0.15, 0.2) is 0 Å². The van der Waals surface area contributed by atoms with Crippen LogP contribution in [0.1, 0.15) is 39.0 Å². The van der Waals surface area contributed by atoms with Crippen LogP contribution in [0, 0.1) is 5.92 Å². The monoisotopic (exact) mass is 256 g/mol. The molecule has 0 spiro atoms. The molecule has 1 atom stereocenters. The molecule has 1 fully saturated rings. The van der Waals surface area contributed by atoms with Crippen LogP contribution in [0.5, 0.6) is 0 Å². The summed E-state index contributed by atoms with van der Waals surface area (Å²) in [6, 6.07) is 0. The zero-order valence-corrected chi connectivity index (χ0v) is 11.2. The number of carbonyl (C=O) groups is 2. The zero-order valence-electron chi connectivity index (χ0n) is 11.2. The van der Waals surface area contributed by atoms with E-state index in [-0.39, 0.29) is 12.5 Å². The van der Waals surface area contributed by atoms with E-state index in [1.54, 1.807) is 0 Å². The van der Waals surface area contributed by atoms with E-state index in [0.29, 0.717) is 18.9 Å². The molecule has 18 heavy (non-hydrogen) atoms. The first-order chi connectivity index (χ1) is 8.63. The van der Waals surface area contributed by atoms with E-state index in [4.69, 9.17) is 5.11 Å². The Balaban J connectivity index is 2.32. The quantitative estimate of drug-likeness (QED) is 0.715. The number of nitrogens with zero attached hydrogens (tertiary/aromatic N) is 1. The molecule has 0 aromatic heterocycles. The van der Waals surface area contributed by atoms with E-state index in [2.05, 4.69) is 5.32 Å². The van der Waals surface area contributed by atoms with Gasteiger partial charge in [0.25, 0.3) is 0 Å². The summed E-state index contributed by atoms with van der Waals surface area (Å²) in [7, 11) is 0. The Bertz CT molecular complexity index is 275. The molecule has 0 aliphatic carbocycles. The molecule has 104 valence electrons. The van der Waals surface area contributed by atoms with Crippen molar-refractivity contribution in [3.63, 3.8) is 0 Å². The van der Waals surface area contributed by atoms with Crippen LogP contribution in [-0.4, -0.2) is 48.1 Å². The molecular weight excluding hydrogens is 232 g/mol. The lowest BCUT2D eigenvalue weighted by atomic mass is 9.94. The molecule has 1 rings (SSSR count). The lowest BCUT2D eigenvalue weighted by molar-refractivity contribution is -0.144. The predicted octanol–water partition coefficient (Wildman–Crippen LogP) is 1.09. The Morgan fingerprint density at radius 3 is 2.78 bits per heavy atom. The molecule has 0 saturated carbocycles. The second-order valence-electron chi connectivity index (χ2n) is 4.96. The number of hydrogen-bond acceptors (Lipinski definition) is 3. The Labute approximate surface area is 109 Å². The molecule has 1 unspecified atom stereocenters. The van der Waals surface area contributed by atoms with E-state index < -0.39 is 5.97 Å². The average molecular weight is 256 g/mol. The Kier molecular flexibility index (Phi) is 6.72. The standard InChI is InChI=1S/C13H24N2O3/c1-2-8-15(10-13(17)18)12(16)6-5-11-4-3-7-14-9-11/h11,14H,2-10H2,1H3,(H,17,18). The molecule has 1 heterocycles. The molecule has 5 heteroatoms. The number of nitrogens with one attached hydrogen (secondary N) is 1. The Morgan fingerprint density at radius 1 is 1.44 bits per heavy atom. The molecule has 1 aliphatic heterocycles. The predicted molar refractivity (Wildman–Crippen MR) is 69.3 cm³/mol. The summed E-state index contributed by atoms with van der Waals surface area (Å²) in [5.41, 5.74) is 0. The van der Waals surface area contributed by atoms with Gasteiger partial charge in [-0.2, -0.15) is 0 Å². The number of carboxylic acids is 1. The van der Waals surface area contributed by atoms with Crippen LogP contribution < -0.4 is 5.32 Å². The first-order valence-electron chi connectivity index (χ1n) is 6.83. The lowest BCUT2D eigenvalue weighted by Crippen LogP contribution is -2.37. The molecule has 1 aliphatic rings. The van der Waals surface area contributed by atoms with Gasteiger partial charge in [0, 0.05) is 13.0 Å². The molecule has 2 N–H and O–H groups in total. The van der Waals surface area contributed by atoms with E-state index in [0.717, 1.165) is 25.9 Å². The van der Waals surface area contributed by atoms with Crippen LogP contribution in [-0.2, 0) is 9.59 Å². The zero-order chi connectivity index (χ0) is 13.4. The maximum atomic E-state index is 12.0. The molecule has 0 aromatic rings. The van der Waals surface area contributed by atoms with Gasteiger partial charge >= 0.3 is 5.97 Å². The van der Waals surface area contributed by atoms with Crippen LogP contribution >= 0.6 is 0 Å². The van der Waals surface area contributed by atoms with Gasteiger partial charge in [0.2, 0.25) is 5.91 Å². The van der Waals surface area contributed by atoms with Gasteiger partial charge in [-0.1, -0.05) is 6.92 Å². The van der Waals surface area contributed by atoms with Gasteiger partial charge in [0.05, 0.1) is 0 Å². The van der Waals surface area contributed by atoms with E-state index in [1.807, 2.05) is 6.92 Å². The van der Waals surface area contributed by atoms with E-state index in [9.17, 15) is 9.59 Å². The summed E-state index contributed by atoms with van der Waals surface area (Å²) in [5.74, 6) is -0.392. The first kappa shape index (κ1) is 15.0. The number of aliphatic carboxylic acids is 1. The molecule has 0 radical (unpaired) electrons. The second-order valence-corrected chi connectivity index (χ2v) is 4.96. The maximum Gasteiger partial charge on any atom is 0.323 e. The minimum absolute atomic E-state index is 0.0233. The van der Waals surface area contributed by atoms with E-state index >= 15 is 0 Å². The van der Waals surface area contributed by atoms with Gasteiger partial charge in [0.1, 0.15) is 6.54 Å². The number of carbonyl (C=O) groups excluding carboxylic acids is 1. The normalized spacial score (nSPS) is 19.5. The summed E-state index contributed by atoms with van der Waals surface area (Å²) in [6.45, 7) is 4.38. The van der Waals surface area contributed by atoms with Crippen LogP contribution in [0.4, 0.5) is 0 Å². The minimum atomic E-state index is -0.934. The Hall–Kier alpha value is -1.10. The highest BCUT2D eigenvalue weighted by Gasteiger charge is 2.19. The van der Waals surface area contributed by atoms with Crippen LogP contribution in [0.2, 0.25) is 0 Å². The van der Waals surface area contributed by atoms with Crippen molar-refractivity contribution in [1.82, 2.24) is 10.2 Å². The smallest absolute Gasteiger partial charge is 0.323 e. The summed E-state index contributed by atoms with van der Waals surface area (Å²) in [6.07, 6.45) is 4.48. The third-order valence-corrected chi connectivity index (χ3v) is 3.34. The third-order valence-electron chi connectivity index (χ3n) is 3.34. The summed E-state index contributed by atoms with van der Waals surface area (Å²) in [4.78, 5) is 24.1. The van der Waals surface area contributed by atoms with Crippen LogP contribution in [0.3, 0.4) is 0 Å². The average Bonchev–Trinajstić information content (AvgIpc) is 2.36. The fraction of sp³-hybridized carbons (Fsp3) is 0.846. The number of hydrogen-bond donors (Lipinski definition) is 2. The highest BCUT2D eigenvalue weighted by molar-refractivity contribution is 5.81. The number of piperidine rings is 1. The van der Waals surface area contributed by atoms with Crippen molar-refractivity contribution in [2.24, 2.45) is 5.92 Å². The first-order valence-corrected chi connectivity index (χ1v) is 6.83. The largest absolute Gasteiger partial charge is 0.480 e. The van der Waals surface area contributed by atoms with Crippen molar-refractivity contribution in [1.29, 1.82) is 0 Å². The van der Waals surface area contributed by atoms with Crippen molar-refractivity contribution in [3.05, 3.63) is 0 Å². The Morgan fingerprint density at radius 2 is 2.22 bits per heavy atom. The molecule has 0 bridgehead atoms. The SMILES string of the molecule is CCCN(CC(=O)O)C(=O)CCC1CCCNC1. The molecular formula is C13H24N2O3. The lowest BCUT2D eigenvalue weighted by Gasteiger charge is -2.24. The van der Waals surface area contributed by atoms with Gasteiger partial charge in [0.15, 0.2) is 0 Å². The van der Waals surface area contributed by atoms with Gasteiger partial charge in [-0.15, -0.1) is 0 Å². The number of carboxylic acid groups (broad SMARTS) is 1. The van der Waals surface area contributed by atoms with Gasteiger partial charge in [-0.25, -0.2) is 0 Å². The summed E-state index contributed by atoms with van der Waals surface area (Å²) >= 11 is 0. The van der Waals surface area contributed by atoms with E-state index in [1.165, 1.54) is 17.7 Å². The third kappa shape index (κ3) is 5.49. The van der Waals surface area contributed by atoms with Gasteiger partial charge < -0.3 is 15.3 Å². The topological polar surface area (TPSA) is 69.6 Å². The van der Waals surface area contributed by atoms with Crippen molar-refractivity contribution in [2.45, 2.75) is 39.0 Å². The maximum absolute atomic E-state index is 12.0. The summed E-state index contributed by atoms with van der Waals surface area (Å²) in [5, 5.41) is 12.1. The fourth-order valence-electron chi connectivity index (χ4n) is 2.38.